The van der Waals surface area contributed by atoms with Gasteiger partial charge >= 0.3 is 0 Å². The molecule has 1 heteroatoms. The van der Waals surface area contributed by atoms with Crippen LogP contribution in [0.1, 0.15) is 182 Å². The van der Waals surface area contributed by atoms with Gasteiger partial charge in [0.1, 0.15) is 0 Å². The van der Waals surface area contributed by atoms with Crippen LogP contribution in [0.5, 0.6) is 0 Å². The first-order valence-electron chi connectivity index (χ1n) is 20.1. The van der Waals surface area contributed by atoms with Crippen LogP contribution in [-0.4, -0.2) is 10.5 Å². The van der Waals surface area contributed by atoms with Crippen LogP contribution in [0.25, 0.3) is 0 Å². The van der Waals surface area contributed by atoms with Crippen molar-refractivity contribution in [1.82, 2.24) is 0 Å². The van der Waals surface area contributed by atoms with E-state index in [1.807, 2.05) is 0 Å². The smallest absolute Gasteiger partial charge is 0.00498 e. The molecule has 0 saturated carbocycles. The molecular formula is C46H78S. The highest BCUT2D eigenvalue weighted by Crippen LogP contribution is 2.31. The first kappa shape index (κ1) is 45.3. The highest BCUT2D eigenvalue weighted by atomic mass is 32.2. The highest BCUT2D eigenvalue weighted by molar-refractivity contribution is 8.00. The van der Waals surface area contributed by atoms with Gasteiger partial charge in [0.05, 0.1) is 0 Å². The number of thioether (sulfide) groups is 1. The Morgan fingerprint density at radius 1 is 0.298 bits per heavy atom. The Bertz CT molecular complexity index is 778. The maximum absolute atomic E-state index is 2.41. The summed E-state index contributed by atoms with van der Waals surface area (Å²) in [6.07, 6.45) is 67.3. The molecule has 0 aromatic carbocycles. The van der Waals surface area contributed by atoms with Crippen LogP contribution in [0.4, 0.5) is 0 Å². The minimum absolute atomic E-state index is 0.833. The van der Waals surface area contributed by atoms with Crippen molar-refractivity contribution in [3.8, 4) is 0 Å². The Labute approximate surface area is 300 Å². The van der Waals surface area contributed by atoms with E-state index < -0.39 is 0 Å². The summed E-state index contributed by atoms with van der Waals surface area (Å²) < 4.78 is 0. The number of hydrogen-bond acceptors (Lipinski definition) is 1. The van der Waals surface area contributed by atoms with Gasteiger partial charge in [-0.3, -0.25) is 0 Å². The summed E-state index contributed by atoms with van der Waals surface area (Å²) in [5.74, 6) is 0. The van der Waals surface area contributed by atoms with Crippen LogP contribution in [0.2, 0.25) is 0 Å². The van der Waals surface area contributed by atoms with Gasteiger partial charge in [-0.05, 0) is 116 Å². The van der Waals surface area contributed by atoms with Gasteiger partial charge < -0.3 is 0 Å². The van der Waals surface area contributed by atoms with Crippen molar-refractivity contribution in [2.45, 2.75) is 192 Å². The Morgan fingerprint density at radius 2 is 0.574 bits per heavy atom. The quantitative estimate of drug-likeness (QED) is 0.0488. The van der Waals surface area contributed by atoms with E-state index in [0.29, 0.717) is 0 Å². The van der Waals surface area contributed by atoms with Crippen molar-refractivity contribution in [2.24, 2.45) is 0 Å². The molecule has 0 bridgehead atoms. The van der Waals surface area contributed by atoms with Gasteiger partial charge in [-0.15, -0.1) is 0 Å². The molecule has 2 unspecified atom stereocenters. The average molecular weight is 663 g/mol. The third kappa shape index (κ3) is 36.9. The fourth-order valence-electron chi connectivity index (χ4n) is 5.53. The summed E-state index contributed by atoms with van der Waals surface area (Å²) in [7, 11) is 0. The second-order valence-electron chi connectivity index (χ2n) is 13.0. The van der Waals surface area contributed by atoms with Crippen LogP contribution in [0.3, 0.4) is 0 Å². The largest absolute Gasteiger partial charge is 0.155 e. The summed E-state index contributed by atoms with van der Waals surface area (Å²) in [4.78, 5) is 0. The van der Waals surface area contributed by atoms with Crippen LogP contribution >= 0.6 is 11.8 Å². The molecule has 0 heterocycles. The van der Waals surface area contributed by atoms with E-state index in [-0.39, 0.29) is 0 Å². The number of allylic oxidation sites excluding steroid dienone is 16. The zero-order valence-corrected chi connectivity index (χ0v) is 32.6. The predicted molar refractivity (Wildman–Crippen MR) is 222 cm³/mol. The van der Waals surface area contributed by atoms with Crippen LogP contribution < -0.4 is 0 Å². The molecular weight excluding hydrogens is 585 g/mol. The van der Waals surface area contributed by atoms with Crippen molar-refractivity contribution in [2.75, 3.05) is 0 Å². The zero-order chi connectivity index (χ0) is 34.1. The zero-order valence-electron chi connectivity index (χ0n) is 31.8. The molecule has 0 amide bonds. The van der Waals surface area contributed by atoms with Crippen LogP contribution in [0, 0.1) is 0 Å². The summed E-state index contributed by atoms with van der Waals surface area (Å²) in [6, 6.07) is 0. The van der Waals surface area contributed by atoms with Gasteiger partial charge in [-0.25, -0.2) is 0 Å². The van der Waals surface area contributed by atoms with Gasteiger partial charge in [0.25, 0.3) is 0 Å². The third-order valence-corrected chi connectivity index (χ3v) is 10.0. The van der Waals surface area contributed by atoms with Crippen molar-refractivity contribution in [3.05, 3.63) is 97.2 Å². The lowest BCUT2D eigenvalue weighted by Gasteiger charge is -2.23. The number of unbranched alkanes of at least 4 members (excludes halogenated alkanes) is 8. The van der Waals surface area contributed by atoms with Gasteiger partial charge in [0.2, 0.25) is 0 Å². The second kappa shape index (κ2) is 40.4. The molecule has 0 N–H and O–H groups in total. The van der Waals surface area contributed by atoms with E-state index in [1.165, 1.54) is 116 Å². The van der Waals surface area contributed by atoms with Crippen LogP contribution in [-0.2, 0) is 0 Å². The normalized spacial score (nSPS) is 14.4. The Balaban J connectivity index is 4.07. The predicted octanol–water partition coefficient (Wildman–Crippen LogP) is 16.3. The maximum atomic E-state index is 2.41. The molecule has 0 saturated heterocycles. The van der Waals surface area contributed by atoms with Crippen molar-refractivity contribution >= 4 is 11.8 Å². The Hall–Kier alpha value is -1.73. The highest BCUT2D eigenvalue weighted by Gasteiger charge is 2.15. The van der Waals surface area contributed by atoms with Crippen LogP contribution in [0.15, 0.2) is 97.2 Å². The molecule has 0 aliphatic carbocycles. The lowest BCUT2D eigenvalue weighted by molar-refractivity contribution is 0.623. The van der Waals surface area contributed by atoms with Gasteiger partial charge in [0, 0.05) is 10.5 Å². The van der Waals surface area contributed by atoms with E-state index in [2.05, 4.69) is 137 Å². The molecule has 0 fully saturated rings. The van der Waals surface area contributed by atoms with E-state index in [0.717, 1.165) is 49.0 Å². The monoisotopic (exact) mass is 663 g/mol. The lowest BCUT2D eigenvalue weighted by atomic mass is 10.1. The van der Waals surface area contributed by atoms with E-state index in [1.54, 1.807) is 0 Å². The topological polar surface area (TPSA) is 0 Å². The number of hydrogen-bond donors (Lipinski definition) is 0. The van der Waals surface area contributed by atoms with Crippen molar-refractivity contribution in [1.29, 1.82) is 0 Å². The molecule has 0 nitrogen and oxygen atoms in total. The van der Waals surface area contributed by atoms with Crippen molar-refractivity contribution in [3.63, 3.8) is 0 Å². The molecule has 268 valence electrons. The molecule has 0 spiro atoms. The minimum atomic E-state index is 0.833. The molecule has 0 aliphatic rings. The maximum Gasteiger partial charge on any atom is 0.00498 e. The molecule has 0 aromatic rings. The second-order valence-corrected chi connectivity index (χ2v) is 14.6. The summed E-state index contributed by atoms with van der Waals surface area (Å²) >= 11 is 2.32. The Kier molecular flexibility index (Phi) is 39.0. The first-order valence-corrected chi connectivity index (χ1v) is 21.1. The fraction of sp³-hybridized carbons (Fsp3) is 0.652. The van der Waals surface area contributed by atoms with Gasteiger partial charge in [-0.1, -0.05) is 163 Å². The van der Waals surface area contributed by atoms with Crippen molar-refractivity contribution < 1.29 is 0 Å². The van der Waals surface area contributed by atoms with E-state index >= 15 is 0 Å². The number of rotatable bonds is 34. The molecule has 2 atom stereocenters. The molecule has 0 aromatic heterocycles. The molecule has 0 radical (unpaired) electrons. The lowest BCUT2D eigenvalue weighted by Crippen LogP contribution is -2.11. The average Bonchev–Trinajstić information content (AvgIpc) is 3.07. The summed E-state index contributed by atoms with van der Waals surface area (Å²) in [6.45, 7) is 9.25. The standard InChI is InChI=1S/C46H78S/c1-5-9-11-13-15-17-19-21-23-25-27-29-31-33-35-37-39-43-45(41-7-3)47-46(42-8-4)44-40-38-36-34-32-30-28-26-24-22-20-18-16-14-12-10-6-2/h15-18,21-24,27-30,33-36,45-46H,5-14,19-20,25-26,31-32,37-44H2,1-4H3. The van der Waals surface area contributed by atoms with E-state index in [4.69, 9.17) is 0 Å². The molecule has 47 heavy (non-hydrogen) atoms. The molecule has 0 aliphatic heterocycles. The summed E-state index contributed by atoms with van der Waals surface area (Å²) in [5, 5.41) is 1.67. The fourth-order valence-corrected chi connectivity index (χ4v) is 7.42. The Morgan fingerprint density at radius 3 is 0.851 bits per heavy atom. The third-order valence-electron chi connectivity index (χ3n) is 8.31. The van der Waals surface area contributed by atoms with Gasteiger partial charge in [0.15, 0.2) is 0 Å². The minimum Gasteiger partial charge on any atom is -0.155 e. The molecule has 0 rings (SSSR count). The van der Waals surface area contributed by atoms with Gasteiger partial charge in [-0.2, -0.15) is 11.8 Å². The van der Waals surface area contributed by atoms with E-state index in [9.17, 15) is 0 Å². The SMILES string of the molecule is CCCCCC=CCC=CCC=CCC=CCCCC(CCC)SC(CCC)CCCC=CCC=CCC=CCC=CCCCCC. The first-order chi connectivity index (χ1) is 23.3. The summed E-state index contributed by atoms with van der Waals surface area (Å²) in [5.41, 5.74) is 0.